The Bertz CT molecular complexity index is 1020. The summed E-state index contributed by atoms with van der Waals surface area (Å²) < 4.78 is 25.8. The Morgan fingerprint density at radius 2 is 1.87 bits per heavy atom. The summed E-state index contributed by atoms with van der Waals surface area (Å²) in [7, 11) is -3.47. The van der Waals surface area contributed by atoms with Crippen LogP contribution in [0.1, 0.15) is 61.8 Å². The second kappa shape index (κ2) is 10.5. The number of anilines is 1. The summed E-state index contributed by atoms with van der Waals surface area (Å²) in [4.78, 5) is 12.6. The first-order valence-electron chi connectivity index (χ1n) is 10.9. The fraction of sp³-hybridized carbons (Fsp3) is 0.458. The van der Waals surface area contributed by atoms with Gasteiger partial charge in [0.25, 0.3) is 0 Å². The van der Waals surface area contributed by atoms with E-state index in [9.17, 15) is 13.2 Å². The van der Waals surface area contributed by atoms with Gasteiger partial charge in [0.1, 0.15) is 0 Å². The van der Waals surface area contributed by atoms with Crippen molar-refractivity contribution in [1.82, 2.24) is 5.32 Å². The van der Waals surface area contributed by atoms with E-state index in [1.807, 2.05) is 0 Å². The maximum atomic E-state index is 12.6. The van der Waals surface area contributed by atoms with Crippen molar-refractivity contribution in [3.05, 3.63) is 64.2 Å². The predicted molar refractivity (Wildman–Crippen MR) is 127 cm³/mol. The average Bonchev–Trinajstić information content (AvgIpc) is 2.73. The van der Waals surface area contributed by atoms with Crippen LogP contribution in [0.2, 0.25) is 5.02 Å². The van der Waals surface area contributed by atoms with Crippen molar-refractivity contribution in [2.24, 2.45) is 0 Å². The first-order chi connectivity index (χ1) is 14.8. The normalized spacial score (nSPS) is 14.5. The van der Waals surface area contributed by atoms with Crippen LogP contribution in [0.15, 0.2) is 42.5 Å². The number of benzene rings is 2. The molecule has 0 fully saturated rings. The van der Waals surface area contributed by atoms with Crippen molar-refractivity contribution in [3.63, 3.8) is 0 Å². The third-order valence-electron chi connectivity index (χ3n) is 5.78. The van der Waals surface area contributed by atoms with Crippen LogP contribution in [0.3, 0.4) is 0 Å². The van der Waals surface area contributed by atoms with Crippen molar-refractivity contribution in [1.29, 1.82) is 0 Å². The van der Waals surface area contributed by atoms with E-state index < -0.39 is 10.0 Å². The van der Waals surface area contributed by atoms with Crippen LogP contribution in [-0.4, -0.2) is 27.1 Å². The van der Waals surface area contributed by atoms with Gasteiger partial charge in [0.2, 0.25) is 15.9 Å². The predicted octanol–water partition coefficient (Wildman–Crippen LogP) is 5.03. The minimum absolute atomic E-state index is 0.0290. The molecule has 2 aromatic carbocycles. The molecule has 3 rings (SSSR count). The number of halogens is 1. The number of nitrogens with one attached hydrogen (secondary N) is 1. The molecule has 1 atom stereocenters. The number of nitrogens with zero attached hydrogens (tertiary/aromatic N) is 1. The molecule has 0 saturated heterocycles. The van der Waals surface area contributed by atoms with Gasteiger partial charge < -0.3 is 5.32 Å². The lowest BCUT2D eigenvalue weighted by atomic mass is 9.89. The first kappa shape index (κ1) is 23.6. The molecule has 0 heterocycles. The molecular weight excluding hydrogens is 432 g/mol. The summed E-state index contributed by atoms with van der Waals surface area (Å²) in [6.45, 7) is 2.29. The minimum atomic E-state index is -3.47. The van der Waals surface area contributed by atoms with Crippen LogP contribution in [0.25, 0.3) is 0 Å². The molecule has 1 aliphatic rings. The highest BCUT2D eigenvalue weighted by Gasteiger charge is 2.19. The molecule has 0 aliphatic heterocycles. The summed E-state index contributed by atoms with van der Waals surface area (Å²) in [5.74, 6) is -0.0656. The van der Waals surface area contributed by atoms with Crippen LogP contribution in [0.4, 0.5) is 5.69 Å². The molecular formula is C24H31ClN2O3S. The Kier molecular flexibility index (Phi) is 8.00. The number of hydrogen-bond acceptors (Lipinski definition) is 3. The molecule has 1 aliphatic carbocycles. The lowest BCUT2D eigenvalue weighted by Crippen LogP contribution is -2.33. The van der Waals surface area contributed by atoms with E-state index in [1.54, 1.807) is 24.3 Å². The lowest BCUT2D eigenvalue weighted by Gasteiger charge is -2.23. The van der Waals surface area contributed by atoms with Crippen LogP contribution in [-0.2, 0) is 27.7 Å². The maximum Gasteiger partial charge on any atom is 0.232 e. The number of sulfonamides is 1. The topological polar surface area (TPSA) is 66.5 Å². The summed E-state index contributed by atoms with van der Waals surface area (Å²) in [5, 5.41) is 3.60. The number of carbonyl (C=O) groups excluding carboxylic acids is 1. The van der Waals surface area contributed by atoms with E-state index >= 15 is 0 Å². The Balaban J connectivity index is 1.59. The van der Waals surface area contributed by atoms with Gasteiger partial charge in [-0.3, -0.25) is 9.10 Å². The van der Waals surface area contributed by atoms with Gasteiger partial charge in [-0.15, -0.1) is 0 Å². The SMILES string of the molecule is CC[C@@H](NC(=O)CCCN(c1cccc(Cl)c1)S(C)(=O)=O)c1ccc2c(c1)CCCC2. The minimum Gasteiger partial charge on any atom is -0.349 e. The van der Waals surface area contributed by atoms with Gasteiger partial charge in [-0.2, -0.15) is 0 Å². The number of amides is 1. The summed E-state index contributed by atoms with van der Waals surface area (Å²) >= 11 is 6.01. The van der Waals surface area contributed by atoms with E-state index in [-0.39, 0.29) is 24.9 Å². The van der Waals surface area contributed by atoms with Crippen molar-refractivity contribution >= 4 is 33.2 Å². The van der Waals surface area contributed by atoms with Gasteiger partial charge in [-0.25, -0.2) is 8.42 Å². The first-order valence-corrected chi connectivity index (χ1v) is 13.1. The standard InChI is InChI=1S/C24H31ClN2O3S/c1-3-23(20-14-13-18-8-4-5-9-19(18)16-20)26-24(28)12-7-15-27(31(2,29)30)22-11-6-10-21(25)17-22/h6,10-11,13-14,16-17,23H,3-5,7-9,12,15H2,1-2H3,(H,26,28)/t23-/m1/s1. The van der Waals surface area contributed by atoms with E-state index in [0.717, 1.165) is 31.1 Å². The molecule has 5 nitrogen and oxygen atoms in total. The largest absolute Gasteiger partial charge is 0.349 e. The fourth-order valence-electron chi connectivity index (χ4n) is 4.16. The monoisotopic (exact) mass is 462 g/mol. The van der Waals surface area contributed by atoms with Crippen molar-refractivity contribution in [3.8, 4) is 0 Å². The molecule has 0 spiro atoms. The summed E-state index contributed by atoms with van der Waals surface area (Å²) in [5.41, 5.74) is 4.49. The van der Waals surface area contributed by atoms with Gasteiger partial charge >= 0.3 is 0 Å². The third kappa shape index (κ3) is 6.47. The number of hydrogen-bond donors (Lipinski definition) is 1. The van der Waals surface area contributed by atoms with Crippen LogP contribution in [0, 0.1) is 0 Å². The maximum absolute atomic E-state index is 12.6. The highest BCUT2D eigenvalue weighted by atomic mass is 35.5. The molecule has 168 valence electrons. The van der Waals surface area contributed by atoms with Crippen molar-refractivity contribution < 1.29 is 13.2 Å². The molecule has 0 radical (unpaired) electrons. The molecule has 0 aromatic heterocycles. The zero-order chi connectivity index (χ0) is 22.4. The van der Waals surface area contributed by atoms with Gasteiger partial charge in [0, 0.05) is 18.0 Å². The van der Waals surface area contributed by atoms with E-state index in [1.165, 1.54) is 28.3 Å². The summed E-state index contributed by atoms with van der Waals surface area (Å²) in [6.07, 6.45) is 7.38. The molecule has 7 heteroatoms. The van der Waals surface area contributed by atoms with Gasteiger partial charge in [0.15, 0.2) is 0 Å². The number of carbonyl (C=O) groups is 1. The zero-order valence-corrected chi connectivity index (χ0v) is 19.8. The van der Waals surface area contributed by atoms with Crippen LogP contribution < -0.4 is 9.62 Å². The van der Waals surface area contributed by atoms with Crippen LogP contribution >= 0.6 is 11.6 Å². The Hall–Kier alpha value is -2.05. The van der Waals surface area contributed by atoms with Crippen LogP contribution in [0.5, 0.6) is 0 Å². The molecule has 0 unspecified atom stereocenters. The Labute approximate surface area is 190 Å². The number of rotatable bonds is 9. The Morgan fingerprint density at radius 3 is 2.55 bits per heavy atom. The fourth-order valence-corrected chi connectivity index (χ4v) is 5.30. The molecule has 31 heavy (non-hydrogen) atoms. The summed E-state index contributed by atoms with van der Waals surface area (Å²) in [6, 6.07) is 13.3. The third-order valence-corrected chi connectivity index (χ3v) is 7.21. The molecule has 0 saturated carbocycles. The van der Waals surface area contributed by atoms with E-state index in [0.29, 0.717) is 17.1 Å². The Morgan fingerprint density at radius 1 is 1.13 bits per heavy atom. The number of fused-ring (bicyclic) bond motifs is 1. The molecule has 1 N–H and O–H groups in total. The number of aryl methyl sites for hydroxylation is 2. The highest BCUT2D eigenvalue weighted by Crippen LogP contribution is 2.26. The molecule has 0 bridgehead atoms. The van der Waals surface area contributed by atoms with Gasteiger partial charge in [0.05, 0.1) is 18.0 Å². The molecule has 2 aromatic rings. The van der Waals surface area contributed by atoms with Crippen molar-refractivity contribution in [2.75, 3.05) is 17.1 Å². The van der Waals surface area contributed by atoms with E-state index in [4.69, 9.17) is 11.6 Å². The zero-order valence-electron chi connectivity index (χ0n) is 18.2. The van der Waals surface area contributed by atoms with Crippen molar-refractivity contribution in [2.45, 2.75) is 57.9 Å². The quantitative estimate of drug-likeness (QED) is 0.568. The second-order valence-corrected chi connectivity index (χ2v) is 10.5. The second-order valence-electron chi connectivity index (χ2n) is 8.18. The van der Waals surface area contributed by atoms with Gasteiger partial charge in [-0.05, 0) is 73.4 Å². The highest BCUT2D eigenvalue weighted by molar-refractivity contribution is 7.92. The average molecular weight is 463 g/mol. The van der Waals surface area contributed by atoms with Gasteiger partial charge in [-0.1, -0.05) is 42.8 Å². The molecule has 1 amide bonds. The smallest absolute Gasteiger partial charge is 0.232 e. The lowest BCUT2D eigenvalue weighted by molar-refractivity contribution is -0.121. The van der Waals surface area contributed by atoms with E-state index in [2.05, 4.69) is 30.4 Å².